The molecule has 0 fully saturated rings. The van der Waals surface area contributed by atoms with Crippen molar-refractivity contribution >= 4 is 17.6 Å². The SMILES string of the molecule is COc1ccc(CNC(=O)[C@]2(C)Oc3cccnc3N(C(C)C)C2=O)cc1OC. The molecule has 3 rings (SSSR count). The maximum Gasteiger partial charge on any atom is 0.282 e. The van der Waals surface area contributed by atoms with Crippen LogP contribution in [-0.4, -0.2) is 42.7 Å². The van der Waals surface area contributed by atoms with Crippen LogP contribution in [0.4, 0.5) is 5.82 Å². The number of aromatic nitrogens is 1. The van der Waals surface area contributed by atoms with E-state index < -0.39 is 17.4 Å². The Bertz CT molecular complexity index is 930. The van der Waals surface area contributed by atoms with E-state index in [2.05, 4.69) is 10.3 Å². The minimum Gasteiger partial charge on any atom is -0.493 e. The summed E-state index contributed by atoms with van der Waals surface area (Å²) in [5.74, 6) is 0.974. The van der Waals surface area contributed by atoms with Gasteiger partial charge in [0.2, 0.25) is 0 Å². The number of ether oxygens (including phenoxy) is 3. The van der Waals surface area contributed by atoms with Crippen molar-refractivity contribution in [3.05, 3.63) is 42.1 Å². The number of nitrogens with one attached hydrogen (secondary N) is 1. The van der Waals surface area contributed by atoms with E-state index in [4.69, 9.17) is 14.2 Å². The van der Waals surface area contributed by atoms with Crippen LogP contribution in [0, 0.1) is 0 Å². The number of benzene rings is 1. The van der Waals surface area contributed by atoms with Crippen molar-refractivity contribution < 1.29 is 23.8 Å². The zero-order chi connectivity index (χ0) is 21.2. The van der Waals surface area contributed by atoms with Crippen molar-refractivity contribution in [3.8, 4) is 17.2 Å². The number of pyridine rings is 1. The van der Waals surface area contributed by atoms with Gasteiger partial charge in [0.1, 0.15) is 0 Å². The van der Waals surface area contributed by atoms with Gasteiger partial charge in [-0.1, -0.05) is 6.07 Å². The maximum atomic E-state index is 13.2. The first-order valence-corrected chi connectivity index (χ1v) is 9.28. The van der Waals surface area contributed by atoms with E-state index in [1.54, 1.807) is 44.7 Å². The highest BCUT2D eigenvalue weighted by Crippen LogP contribution is 2.37. The fourth-order valence-electron chi connectivity index (χ4n) is 3.20. The highest BCUT2D eigenvalue weighted by atomic mass is 16.5. The van der Waals surface area contributed by atoms with Gasteiger partial charge in [-0.2, -0.15) is 0 Å². The molecule has 1 aliphatic heterocycles. The lowest BCUT2D eigenvalue weighted by atomic mass is 9.99. The van der Waals surface area contributed by atoms with Crippen molar-refractivity contribution in [3.63, 3.8) is 0 Å². The fourth-order valence-corrected chi connectivity index (χ4v) is 3.20. The molecular weight excluding hydrogens is 374 g/mol. The Hall–Kier alpha value is -3.29. The highest BCUT2D eigenvalue weighted by Gasteiger charge is 2.51. The van der Waals surface area contributed by atoms with Gasteiger partial charge in [-0.15, -0.1) is 0 Å². The van der Waals surface area contributed by atoms with Crippen molar-refractivity contribution in [2.45, 2.75) is 39.0 Å². The molecule has 1 aromatic carbocycles. The average molecular weight is 399 g/mol. The molecule has 1 atom stereocenters. The Kier molecular flexibility index (Phi) is 5.63. The van der Waals surface area contributed by atoms with E-state index in [-0.39, 0.29) is 12.6 Å². The van der Waals surface area contributed by atoms with E-state index in [0.29, 0.717) is 23.1 Å². The van der Waals surface area contributed by atoms with Crippen molar-refractivity contribution in [1.29, 1.82) is 0 Å². The zero-order valence-corrected chi connectivity index (χ0v) is 17.2. The highest BCUT2D eigenvalue weighted by molar-refractivity contribution is 6.16. The van der Waals surface area contributed by atoms with Gasteiger partial charge < -0.3 is 19.5 Å². The van der Waals surface area contributed by atoms with E-state index in [9.17, 15) is 9.59 Å². The molecule has 1 aliphatic rings. The zero-order valence-electron chi connectivity index (χ0n) is 17.2. The van der Waals surface area contributed by atoms with Gasteiger partial charge in [-0.25, -0.2) is 4.98 Å². The van der Waals surface area contributed by atoms with Crippen LogP contribution in [0.1, 0.15) is 26.3 Å². The van der Waals surface area contributed by atoms with Gasteiger partial charge in [0.15, 0.2) is 23.1 Å². The second-order valence-corrected chi connectivity index (χ2v) is 7.10. The Morgan fingerprint density at radius 2 is 1.97 bits per heavy atom. The van der Waals surface area contributed by atoms with Crippen LogP contribution in [0.5, 0.6) is 17.2 Å². The summed E-state index contributed by atoms with van der Waals surface area (Å²) in [7, 11) is 3.10. The normalized spacial score (nSPS) is 18.1. The topological polar surface area (TPSA) is 90.0 Å². The number of hydrogen-bond donors (Lipinski definition) is 1. The molecule has 1 aromatic heterocycles. The molecule has 154 valence electrons. The molecule has 2 aromatic rings. The monoisotopic (exact) mass is 399 g/mol. The first-order chi connectivity index (χ1) is 13.8. The lowest BCUT2D eigenvalue weighted by Gasteiger charge is -2.40. The molecule has 0 radical (unpaired) electrons. The summed E-state index contributed by atoms with van der Waals surface area (Å²) in [4.78, 5) is 31.9. The second-order valence-electron chi connectivity index (χ2n) is 7.10. The van der Waals surface area contributed by atoms with E-state index in [0.717, 1.165) is 5.56 Å². The van der Waals surface area contributed by atoms with Crippen LogP contribution in [0.25, 0.3) is 0 Å². The van der Waals surface area contributed by atoms with Crippen LogP contribution < -0.4 is 24.4 Å². The van der Waals surface area contributed by atoms with Gasteiger partial charge in [0, 0.05) is 18.8 Å². The molecule has 29 heavy (non-hydrogen) atoms. The van der Waals surface area contributed by atoms with Crippen molar-refractivity contribution in [1.82, 2.24) is 10.3 Å². The number of anilines is 1. The molecular formula is C21H25N3O5. The van der Waals surface area contributed by atoms with Crippen LogP contribution in [0.15, 0.2) is 36.5 Å². The quantitative estimate of drug-likeness (QED) is 0.750. The van der Waals surface area contributed by atoms with Gasteiger partial charge in [0.05, 0.1) is 14.2 Å². The lowest BCUT2D eigenvalue weighted by Crippen LogP contribution is -2.63. The number of methoxy groups -OCH3 is 2. The first kappa shape index (κ1) is 20.4. The summed E-state index contributed by atoms with van der Waals surface area (Å²) in [5, 5.41) is 2.79. The molecule has 8 nitrogen and oxygen atoms in total. The summed E-state index contributed by atoms with van der Waals surface area (Å²) >= 11 is 0. The van der Waals surface area contributed by atoms with E-state index >= 15 is 0 Å². The average Bonchev–Trinajstić information content (AvgIpc) is 2.72. The predicted octanol–water partition coefficient (Wildman–Crippen LogP) is 2.31. The summed E-state index contributed by atoms with van der Waals surface area (Å²) in [6.07, 6.45) is 1.59. The smallest absolute Gasteiger partial charge is 0.282 e. The van der Waals surface area contributed by atoms with Crippen LogP contribution in [0.2, 0.25) is 0 Å². The first-order valence-electron chi connectivity index (χ1n) is 9.28. The Balaban J connectivity index is 1.82. The van der Waals surface area contributed by atoms with Gasteiger partial charge >= 0.3 is 0 Å². The Morgan fingerprint density at radius 3 is 2.62 bits per heavy atom. The molecule has 0 saturated heterocycles. The molecule has 0 saturated carbocycles. The van der Waals surface area contributed by atoms with E-state index in [1.807, 2.05) is 19.9 Å². The van der Waals surface area contributed by atoms with Gasteiger partial charge in [0.25, 0.3) is 17.4 Å². The molecule has 2 heterocycles. The minimum absolute atomic E-state index is 0.182. The molecule has 0 aliphatic carbocycles. The molecule has 0 spiro atoms. The molecule has 8 heteroatoms. The van der Waals surface area contributed by atoms with Gasteiger partial charge in [-0.3, -0.25) is 14.5 Å². The maximum absolute atomic E-state index is 13.2. The fraction of sp³-hybridized carbons (Fsp3) is 0.381. The minimum atomic E-state index is -1.70. The number of fused-ring (bicyclic) bond motifs is 1. The standard InChI is InChI=1S/C21H25N3O5/c1-13(2)24-18-16(7-6-10-22-18)29-21(3,20(24)26)19(25)23-12-14-8-9-15(27-4)17(11-14)28-5/h6-11,13H,12H2,1-5H3,(H,23,25)/t21-/m0/s1. The van der Waals surface area contributed by atoms with Gasteiger partial charge in [-0.05, 0) is 50.6 Å². The summed E-state index contributed by atoms with van der Waals surface area (Å²) < 4.78 is 16.3. The summed E-state index contributed by atoms with van der Waals surface area (Å²) in [6, 6.07) is 8.56. The predicted molar refractivity (Wildman–Crippen MR) is 107 cm³/mol. The van der Waals surface area contributed by atoms with Crippen molar-refractivity contribution in [2.24, 2.45) is 0 Å². The van der Waals surface area contributed by atoms with Crippen molar-refractivity contribution in [2.75, 3.05) is 19.1 Å². The molecule has 0 bridgehead atoms. The Morgan fingerprint density at radius 1 is 1.24 bits per heavy atom. The van der Waals surface area contributed by atoms with Crippen LogP contribution >= 0.6 is 0 Å². The van der Waals surface area contributed by atoms with Crippen LogP contribution in [-0.2, 0) is 16.1 Å². The molecule has 0 unspecified atom stereocenters. The summed E-state index contributed by atoms with van der Waals surface area (Å²) in [6.45, 7) is 5.41. The molecule has 2 amide bonds. The molecule has 1 N–H and O–H groups in total. The number of nitrogens with zero attached hydrogens (tertiary/aromatic N) is 2. The third kappa shape index (κ3) is 3.70. The lowest BCUT2D eigenvalue weighted by molar-refractivity contribution is -0.148. The number of amides is 2. The van der Waals surface area contributed by atoms with Crippen LogP contribution in [0.3, 0.4) is 0 Å². The number of rotatable bonds is 6. The van der Waals surface area contributed by atoms with E-state index in [1.165, 1.54) is 11.8 Å². The largest absolute Gasteiger partial charge is 0.493 e. The number of carbonyl (C=O) groups is 2. The second kappa shape index (κ2) is 7.98. The number of hydrogen-bond acceptors (Lipinski definition) is 6. The summed E-state index contributed by atoms with van der Waals surface area (Å²) in [5.41, 5.74) is -0.901. The Labute approximate surface area is 169 Å². The number of carbonyl (C=O) groups excluding carboxylic acids is 2. The third-order valence-electron chi connectivity index (χ3n) is 4.77. The third-order valence-corrected chi connectivity index (χ3v) is 4.77.